The van der Waals surface area contributed by atoms with Gasteiger partial charge in [-0.2, -0.15) is 0 Å². The first kappa shape index (κ1) is 11.9. The van der Waals surface area contributed by atoms with E-state index in [1.54, 1.807) is 11.9 Å². The molecule has 0 spiro atoms. The van der Waals surface area contributed by atoms with E-state index in [9.17, 15) is 8.78 Å². The SMILES string of the molecule is Cc1cc(CN)ccc1N(C)CC(F)F. The zero-order valence-electron chi connectivity index (χ0n) is 9.00. The first-order chi connectivity index (χ1) is 7.04. The van der Waals surface area contributed by atoms with Crippen LogP contribution in [-0.2, 0) is 6.54 Å². The first-order valence-electron chi connectivity index (χ1n) is 4.83. The minimum Gasteiger partial charge on any atom is -0.369 e. The number of halogens is 2. The van der Waals surface area contributed by atoms with Crippen molar-refractivity contribution < 1.29 is 8.78 Å². The van der Waals surface area contributed by atoms with Gasteiger partial charge in [0, 0.05) is 19.3 Å². The van der Waals surface area contributed by atoms with Crippen LogP contribution in [0.15, 0.2) is 18.2 Å². The Hall–Kier alpha value is -1.16. The lowest BCUT2D eigenvalue weighted by Crippen LogP contribution is -2.24. The molecular weight excluding hydrogens is 198 g/mol. The Bertz CT molecular complexity index is 326. The van der Waals surface area contributed by atoms with E-state index in [0.29, 0.717) is 6.54 Å². The molecule has 0 heterocycles. The average Bonchev–Trinajstić information content (AvgIpc) is 2.16. The predicted octanol–water partition coefficient (Wildman–Crippen LogP) is 2.16. The summed E-state index contributed by atoms with van der Waals surface area (Å²) in [7, 11) is 1.66. The van der Waals surface area contributed by atoms with Crippen LogP contribution in [0.3, 0.4) is 0 Å². The fraction of sp³-hybridized carbons (Fsp3) is 0.455. The zero-order chi connectivity index (χ0) is 11.4. The smallest absolute Gasteiger partial charge is 0.255 e. The highest BCUT2D eigenvalue weighted by atomic mass is 19.3. The van der Waals surface area contributed by atoms with E-state index in [2.05, 4.69) is 0 Å². The second-order valence-corrected chi connectivity index (χ2v) is 3.60. The van der Waals surface area contributed by atoms with E-state index < -0.39 is 6.43 Å². The fourth-order valence-corrected chi connectivity index (χ4v) is 1.58. The molecule has 0 unspecified atom stereocenters. The molecule has 0 aliphatic heterocycles. The van der Waals surface area contributed by atoms with Gasteiger partial charge in [0.25, 0.3) is 6.43 Å². The minimum absolute atomic E-state index is 0.247. The Kier molecular flexibility index (Phi) is 4.03. The molecule has 0 aliphatic rings. The van der Waals surface area contributed by atoms with E-state index in [-0.39, 0.29) is 6.54 Å². The van der Waals surface area contributed by atoms with Crippen molar-refractivity contribution in [1.82, 2.24) is 0 Å². The molecule has 0 bridgehead atoms. The third kappa shape index (κ3) is 3.16. The maximum atomic E-state index is 12.2. The summed E-state index contributed by atoms with van der Waals surface area (Å²) in [6.45, 7) is 2.12. The first-order valence-corrected chi connectivity index (χ1v) is 4.83. The second-order valence-electron chi connectivity index (χ2n) is 3.60. The van der Waals surface area contributed by atoms with Crippen molar-refractivity contribution in [2.45, 2.75) is 19.9 Å². The van der Waals surface area contributed by atoms with Crippen LogP contribution in [0.2, 0.25) is 0 Å². The largest absolute Gasteiger partial charge is 0.369 e. The maximum absolute atomic E-state index is 12.2. The summed E-state index contributed by atoms with van der Waals surface area (Å²) >= 11 is 0. The monoisotopic (exact) mass is 214 g/mol. The van der Waals surface area contributed by atoms with Gasteiger partial charge >= 0.3 is 0 Å². The summed E-state index contributed by atoms with van der Waals surface area (Å²) in [5.74, 6) is 0. The Morgan fingerprint density at radius 2 is 2.07 bits per heavy atom. The highest BCUT2D eigenvalue weighted by Gasteiger charge is 2.10. The molecule has 0 radical (unpaired) electrons. The second kappa shape index (κ2) is 5.07. The Labute approximate surface area is 88.7 Å². The third-order valence-corrected chi connectivity index (χ3v) is 2.32. The van der Waals surface area contributed by atoms with Gasteiger partial charge in [-0.05, 0) is 24.1 Å². The van der Waals surface area contributed by atoms with Gasteiger partial charge in [-0.3, -0.25) is 0 Å². The molecule has 1 aromatic carbocycles. The van der Waals surface area contributed by atoms with Crippen LogP contribution in [0.5, 0.6) is 0 Å². The highest BCUT2D eigenvalue weighted by Crippen LogP contribution is 2.20. The Morgan fingerprint density at radius 3 is 2.53 bits per heavy atom. The number of hydrogen-bond donors (Lipinski definition) is 1. The molecule has 0 atom stereocenters. The molecule has 4 heteroatoms. The van der Waals surface area contributed by atoms with Crippen molar-refractivity contribution in [3.63, 3.8) is 0 Å². The van der Waals surface area contributed by atoms with E-state index in [1.165, 1.54) is 0 Å². The molecule has 1 aromatic rings. The van der Waals surface area contributed by atoms with E-state index in [1.807, 2.05) is 25.1 Å². The standard InChI is InChI=1S/C11H16F2N2/c1-8-5-9(6-14)3-4-10(8)15(2)7-11(12)13/h3-5,11H,6-7,14H2,1-2H3. The molecule has 1 rings (SSSR count). The lowest BCUT2D eigenvalue weighted by Gasteiger charge is -2.21. The summed E-state index contributed by atoms with van der Waals surface area (Å²) in [6, 6.07) is 5.63. The van der Waals surface area contributed by atoms with E-state index in [0.717, 1.165) is 16.8 Å². The van der Waals surface area contributed by atoms with Gasteiger partial charge in [-0.1, -0.05) is 12.1 Å². The predicted molar refractivity (Wildman–Crippen MR) is 58.3 cm³/mol. The molecule has 0 saturated heterocycles. The van der Waals surface area contributed by atoms with E-state index in [4.69, 9.17) is 5.73 Å². The van der Waals surface area contributed by atoms with Gasteiger partial charge in [-0.15, -0.1) is 0 Å². The normalized spacial score (nSPS) is 10.8. The summed E-state index contributed by atoms with van der Waals surface area (Å²) in [6.07, 6.45) is -2.32. The number of hydrogen-bond acceptors (Lipinski definition) is 2. The molecule has 2 nitrogen and oxygen atoms in total. The van der Waals surface area contributed by atoms with E-state index >= 15 is 0 Å². The number of alkyl halides is 2. The van der Waals surface area contributed by atoms with Crippen molar-refractivity contribution in [2.24, 2.45) is 5.73 Å². The van der Waals surface area contributed by atoms with Gasteiger partial charge in [0.1, 0.15) is 0 Å². The Morgan fingerprint density at radius 1 is 1.40 bits per heavy atom. The average molecular weight is 214 g/mol. The molecule has 0 amide bonds. The molecule has 0 saturated carbocycles. The van der Waals surface area contributed by atoms with Crippen molar-refractivity contribution in [3.8, 4) is 0 Å². The van der Waals surface area contributed by atoms with Crippen molar-refractivity contribution in [1.29, 1.82) is 0 Å². The number of anilines is 1. The summed E-state index contributed by atoms with van der Waals surface area (Å²) < 4.78 is 24.4. The number of nitrogens with two attached hydrogens (primary N) is 1. The minimum atomic E-state index is -2.32. The summed E-state index contributed by atoms with van der Waals surface area (Å²) in [5, 5.41) is 0. The molecule has 15 heavy (non-hydrogen) atoms. The van der Waals surface area contributed by atoms with Gasteiger partial charge in [0.05, 0.1) is 6.54 Å². The quantitative estimate of drug-likeness (QED) is 0.832. The van der Waals surface area contributed by atoms with Crippen molar-refractivity contribution >= 4 is 5.69 Å². The number of nitrogens with zero attached hydrogens (tertiary/aromatic N) is 1. The van der Waals surface area contributed by atoms with Crippen LogP contribution < -0.4 is 10.6 Å². The van der Waals surface area contributed by atoms with Crippen molar-refractivity contribution in [2.75, 3.05) is 18.5 Å². The topological polar surface area (TPSA) is 29.3 Å². The number of aryl methyl sites for hydroxylation is 1. The van der Waals surface area contributed by atoms with Gasteiger partial charge in [-0.25, -0.2) is 8.78 Å². The summed E-state index contributed by atoms with van der Waals surface area (Å²) in [4.78, 5) is 1.56. The van der Waals surface area contributed by atoms with Crippen LogP contribution >= 0.6 is 0 Å². The number of benzene rings is 1. The molecule has 0 fully saturated rings. The van der Waals surface area contributed by atoms with Gasteiger partial charge in [0.15, 0.2) is 0 Å². The molecular formula is C11H16F2N2. The molecule has 0 aliphatic carbocycles. The van der Waals surface area contributed by atoms with Crippen LogP contribution in [0.1, 0.15) is 11.1 Å². The maximum Gasteiger partial charge on any atom is 0.255 e. The van der Waals surface area contributed by atoms with Crippen LogP contribution in [0, 0.1) is 6.92 Å². The van der Waals surface area contributed by atoms with Crippen LogP contribution in [-0.4, -0.2) is 20.0 Å². The van der Waals surface area contributed by atoms with Crippen LogP contribution in [0.25, 0.3) is 0 Å². The van der Waals surface area contributed by atoms with Crippen molar-refractivity contribution in [3.05, 3.63) is 29.3 Å². The molecule has 2 N–H and O–H groups in total. The van der Waals surface area contributed by atoms with Crippen LogP contribution in [0.4, 0.5) is 14.5 Å². The summed E-state index contributed by atoms with van der Waals surface area (Å²) in [5.41, 5.74) is 8.31. The van der Waals surface area contributed by atoms with Gasteiger partial charge in [0.2, 0.25) is 0 Å². The highest BCUT2D eigenvalue weighted by molar-refractivity contribution is 5.53. The zero-order valence-corrected chi connectivity index (χ0v) is 9.00. The lowest BCUT2D eigenvalue weighted by atomic mass is 10.1. The third-order valence-electron chi connectivity index (χ3n) is 2.32. The fourth-order valence-electron chi connectivity index (χ4n) is 1.58. The molecule has 0 aromatic heterocycles. The Balaban J connectivity index is 2.85. The molecule has 84 valence electrons. The lowest BCUT2D eigenvalue weighted by molar-refractivity contribution is 0.156. The van der Waals surface area contributed by atoms with Gasteiger partial charge < -0.3 is 10.6 Å². The number of rotatable bonds is 4.